The van der Waals surface area contributed by atoms with Crippen molar-refractivity contribution in [1.29, 1.82) is 0 Å². The van der Waals surface area contributed by atoms with Crippen molar-refractivity contribution in [2.75, 3.05) is 0 Å². The number of aliphatic hydroxyl groups is 1. The van der Waals surface area contributed by atoms with Gasteiger partial charge in [0.15, 0.2) is 0 Å². The van der Waals surface area contributed by atoms with Gasteiger partial charge in [-0.1, -0.05) is 18.2 Å². The minimum Gasteiger partial charge on any atom is -0.390 e. The van der Waals surface area contributed by atoms with Gasteiger partial charge >= 0.3 is 0 Å². The van der Waals surface area contributed by atoms with E-state index in [0.717, 1.165) is 11.1 Å². The molecule has 0 unspecified atom stereocenters. The third-order valence-electron chi connectivity index (χ3n) is 3.12. The van der Waals surface area contributed by atoms with Gasteiger partial charge in [0.1, 0.15) is 5.82 Å². The molecule has 0 atom stereocenters. The molecule has 0 saturated heterocycles. The average molecular weight is 282 g/mol. The van der Waals surface area contributed by atoms with E-state index in [1.54, 1.807) is 18.5 Å². The van der Waals surface area contributed by atoms with Crippen LogP contribution in [0, 0.1) is 0 Å². The molecule has 106 valence electrons. The lowest BCUT2D eigenvalue weighted by Crippen LogP contribution is -2.21. The van der Waals surface area contributed by atoms with Gasteiger partial charge in [0, 0.05) is 17.8 Å². The van der Waals surface area contributed by atoms with Crippen LogP contribution in [0.1, 0.15) is 11.3 Å². The van der Waals surface area contributed by atoms with E-state index in [1.807, 2.05) is 24.3 Å². The van der Waals surface area contributed by atoms with Crippen LogP contribution in [-0.2, 0) is 13.2 Å². The van der Waals surface area contributed by atoms with E-state index in [1.165, 1.54) is 10.7 Å². The second-order valence-corrected chi connectivity index (χ2v) is 4.64. The van der Waals surface area contributed by atoms with Crippen molar-refractivity contribution >= 4 is 0 Å². The van der Waals surface area contributed by atoms with Crippen LogP contribution in [0.15, 0.2) is 53.6 Å². The summed E-state index contributed by atoms with van der Waals surface area (Å²) in [6.07, 6.45) is 3.19. The Labute approximate surface area is 120 Å². The van der Waals surface area contributed by atoms with E-state index in [9.17, 15) is 4.79 Å². The summed E-state index contributed by atoms with van der Waals surface area (Å²) in [5.74, 6) is 0.689. The van der Waals surface area contributed by atoms with E-state index < -0.39 is 0 Å². The smallest absolute Gasteiger partial charge is 0.267 e. The lowest BCUT2D eigenvalue weighted by atomic mass is 10.1. The Balaban J connectivity index is 1.90. The predicted molar refractivity (Wildman–Crippen MR) is 77.5 cm³/mol. The number of H-pyrrole nitrogens is 1. The van der Waals surface area contributed by atoms with Gasteiger partial charge in [-0.25, -0.2) is 9.67 Å². The molecule has 0 spiro atoms. The minimum atomic E-state index is -0.136. The van der Waals surface area contributed by atoms with Crippen LogP contribution in [0.3, 0.4) is 0 Å². The average Bonchev–Trinajstić information content (AvgIpc) is 2.99. The Morgan fingerprint density at radius 2 is 2.14 bits per heavy atom. The van der Waals surface area contributed by atoms with Gasteiger partial charge in [0.2, 0.25) is 0 Å². The molecule has 0 radical (unpaired) electrons. The topological polar surface area (TPSA) is 83.8 Å². The highest BCUT2D eigenvalue weighted by molar-refractivity contribution is 5.56. The first-order valence-electron chi connectivity index (χ1n) is 6.52. The lowest BCUT2D eigenvalue weighted by molar-refractivity contribution is 0.277. The van der Waals surface area contributed by atoms with Crippen LogP contribution in [-0.4, -0.2) is 24.9 Å². The highest BCUT2D eigenvalue weighted by Crippen LogP contribution is 2.17. The molecule has 0 fully saturated rings. The summed E-state index contributed by atoms with van der Waals surface area (Å²) in [6.45, 7) is 0.330. The van der Waals surface area contributed by atoms with Crippen LogP contribution >= 0.6 is 0 Å². The summed E-state index contributed by atoms with van der Waals surface area (Å²) in [7, 11) is 0. The van der Waals surface area contributed by atoms with Crippen molar-refractivity contribution in [3.05, 3.63) is 70.4 Å². The second-order valence-electron chi connectivity index (χ2n) is 4.64. The number of aromatic nitrogens is 4. The highest BCUT2D eigenvalue weighted by atomic mass is 16.3. The fourth-order valence-corrected chi connectivity index (χ4v) is 2.08. The largest absolute Gasteiger partial charge is 0.390 e. The molecule has 2 aromatic heterocycles. The SMILES string of the molecule is O=c1cccnn1Cc1cccc(-c2ncc(CO)[nH]2)c1. The van der Waals surface area contributed by atoms with Crippen LogP contribution in [0.25, 0.3) is 11.4 Å². The first-order chi connectivity index (χ1) is 10.3. The van der Waals surface area contributed by atoms with Crippen molar-refractivity contribution in [3.63, 3.8) is 0 Å². The summed E-state index contributed by atoms with van der Waals surface area (Å²) in [5, 5.41) is 13.1. The molecule has 6 nitrogen and oxygen atoms in total. The molecule has 3 rings (SSSR count). The first kappa shape index (κ1) is 13.3. The van der Waals surface area contributed by atoms with Gasteiger partial charge in [-0.05, 0) is 17.7 Å². The Kier molecular flexibility index (Phi) is 3.61. The summed E-state index contributed by atoms with van der Waals surface area (Å²) in [5.41, 5.74) is 2.38. The zero-order valence-corrected chi connectivity index (χ0v) is 11.2. The van der Waals surface area contributed by atoms with Crippen molar-refractivity contribution in [3.8, 4) is 11.4 Å². The summed E-state index contributed by atoms with van der Waals surface area (Å²) in [4.78, 5) is 18.9. The van der Waals surface area contributed by atoms with Crippen LogP contribution in [0.4, 0.5) is 0 Å². The molecule has 6 heteroatoms. The van der Waals surface area contributed by atoms with Crippen LogP contribution in [0.2, 0.25) is 0 Å². The molecule has 1 aromatic carbocycles. The van der Waals surface area contributed by atoms with Gasteiger partial charge in [0.25, 0.3) is 5.56 Å². The van der Waals surface area contributed by atoms with Gasteiger partial charge in [-0.15, -0.1) is 0 Å². The maximum absolute atomic E-state index is 11.7. The molecule has 0 aliphatic carbocycles. The highest BCUT2D eigenvalue weighted by Gasteiger charge is 2.05. The zero-order chi connectivity index (χ0) is 14.7. The molecular formula is C15H14N4O2. The summed E-state index contributed by atoms with van der Waals surface area (Å²) < 4.78 is 1.40. The number of nitrogens with one attached hydrogen (secondary N) is 1. The van der Waals surface area contributed by atoms with E-state index >= 15 is 0 Å². The van der Waals surface area contributed by atoms with Crippen molar-refractivity contribution < 1.29 is 5.11 Å². The van der Waals surface area contributed by atoms with Crippen molar-refractivity contribution in [2.45, 2.75) is 13.2 Å². The van der Waals surface area contributed by atoms with Crippen LogP contribution < -0.4 is 5.56 Å². The number of hydrogen-bond donors (Lipinski definition) is 2. The van der Waals surface area contributed by atoms with Crippen molar-refractivity contribution in [2.24, 2.45) is 0 Å². The lowest BCUT2D eigenvalue weighted by Gasteiger charge is -2.05. The molecule has 0 saturated carbocycles. The van der Waals surface area contributed by atoms with Gasteiger partial charge in [-0.2, -0.15) is 5.10 Å². The number of benzene rings is 1. The first-order valence-corrected chi connectivity index (χ1v) is 6.52. The fraction of sp³-hybridized carbons (Fsp3) is 0.133. The van der Waals surface area contributed by atoms with Gasteiger partial charge in [0.05, 0.1) is 25.0 Å². The predicted octanol–water partition coefficient (Wildman–Crippen LogP) is 1.17. The number of rotatable bonds is 4. The normalized spacial score (nSPS) is 10.7. The minimum absolute atomic E-state index is 0.0734. The zero-order valence-electron chi connectivity index (χ0n) is 11.2. The van der Waals surface area contributed by atoms with E-state index in [0.29, 0.717) is 18.1 Å². The number of hydrogen-bond acceptors (Lipinski definition) is 4. The molecule has 0 amide bonds. The number of aromatic amines is 1. The van der Waals surface area contributed by atoms with E-state index in [4.69, 9.17) is 5.11 Å². The molecule has 0 aliphatic heterocycles. The quantitative estimate of drug-likeness (QED) is 0.752. The molecule has 0 bridgehead atoms. The summed E-state index contributed by atoms with van der Waals surface area (Å²) in [6, 6.07) is 10.8. The standard InChI is InChI=1S/C15H14N4O2/c20-10-13-8-16-15(18-13)12-4-1-3-11(7-12)9-19-14(21)5-2-6-17-19/h1-8,20H,9-10H2,(H,16,18). The number of nitrogens with zero attached hydrogens (tertiary/aromatic N) is 3. The fourth-order valence-electron chi connectivity index (χ4n) is 2.08. The maximum Gasteiger partial charge on any atom is 0.267 e. The third kappa shape index (κ3) is 2.90. The van der Waals surface area contributed by atoms with Crippen molar-refractivity contribution in [1.82, 2.24) is 19.7 Å². The molecule has 3 aromatic rings. The Morgan fingerprint density at radius 1 is 1.24 bits per heavy atom. The Morgan fingerprint density at radius 3 is 2.90 bits per heavy atom. The van der Waals surface area contributed by atoms with E-state index in [-0.39, 0.29) is 12.2 Å². The van der Waals surface area contributed by atoms with Crippen LogP contribution in [0.5, 0.6) is 0 Å². The van der Waals surface area contributed by atoms with Gasteiger partial charge < -0.3 is 10.1 Å². The maximum atomic E-state index is 11.7. The van der Waals surface area contributed by atoms with E-state index in [2.05, 4.69) is 15.1 Å². The third-order valence-corrected chi connectivity index (χ3v) is 3.12. The van der Waals surface area contributed by atoms with Gasteiger partial charge in [-0.3, -0.25) is 4.79 Å². The summed E-state index contributed by atoms with van der Waals surface area (Å²) >= 11 is 0. The molecular weight excluding hydrogens is 268 g/mol. The number of imidazole rings is 1. The molecule has 0 aliphatic rings. The molecule has 21 heavy (non-hydrogen) atoms. The Bertz CT molecular complexity index is 807. The Hall–Kier alpha value is -2.73. The second kappa shape index (κ2) is 5.72. The molecule has 2 N–H and O–H groups in total. The monoisotopic (exact) mass is 282 g/mol. The number of aliphatic hydroxyl groups excluding tert-OH is 1. The molecule has 2 heterocycles.